The Morgan fingerprint density at radius 2 is 1.76 bits per heavy atom. The summed E-state index contributed by atoms with van der Waals surface area (Å²) in [6, 6.07) is 10.2. The molecule has 192 valence electrons. The van der Waals surface area contributed by atoms with E-state index < -0.39 is 52.3 Å². The second-order valence-electron chi connectivity index (χ2n) is 10.2. The van der Waals surface area contributed by atoms with Crippen LogP contribution in [0.2, 0.25) is 0 Å². The number of benzene rings is 2. The third-order valence-corrected chi connectivity index (χ3v) is 8.01. The first-order valence-corrected chi connectivity index (χ1v) is 12.1. The molecule has 4 atom stereocenters. The van der Waals surface area contributed by atoms with Crippen LogP contribution >= 0.6 is 0 Å². The topological polar surface area (TPSA) is 167 Å². The third kappa shape index (κ3) is 3.53. The summed E-state index contributed by atoms with van der Waals surface area (Å²) < 4.78 is 0. The van der Waals surface area contributed by atoms with Gasteiger partial charge in [-0.2, -0.15) is 0 Å². The van der Waals surface area contributed by atoms with Crippen LogP contribution in [0, 0.1) is 11.8 Å². The Balaban J connectivity index is 1.68. The maximum atomic E-state index is 13.8. The predicted octanol–water partition coefficient (Wildman–Crippen LogP) is 1.20. The third-order valence-electron chi connectivity index (χ3n) is 8.01. The van der Waals surface area contributed by atoms with Gasteiger partial charge in [-0.1, -0.05) is 36.4 Å². The van der Waals surface area contributed by atoms with Crippen molar-refractivity contribution in [3.8, 4) is 16.9 Å². The first-order chi connectivity index (χ1) is 17.5. The van der Waals surface area contributed by atoms with Crippen molar-refractivity contribution < 1.29 is 29.7 Å². The first kappa shape index (κ1) is 24.9. The number of likely N-dealkylation sites (N-methyl/N-ethyl adjacent to an activating group) is 1. The fourth-order valence-corrected chi connectivity index (χ4v) is 6.15. The van der Waals surface area contributed by atoms with Crippen LogP contribution in [0.5, 0.6) is 5.75 Å². The Morgan fingerprint density at radius 1 is 1.08 bits per heavy atom. The molecule has 1 amide bonds. The summed E-state index contributed by atoms with van der Waals surface area (Å²) in [6.07, 6.45) is 1.91. The molecule has 0 bridgehead atoms. The molecule has 9 nitrogen and oxygen atoms in total. The van der Waals surface area contributed by atoms with Gasteiger partial charge in [0.05, 0.1) is 11.1 Å². The number of phenols is 1. The van der Waals surface area contributed by atoms with Crippen LogP contribution in [-0.2, 0) is 27.3 Å². The normalized spacial score (nSPS) is 26.9. The van der Waals surface area contributed by atoms with E-state index in [1.165, 1.54) is 12.1 Å². The number of phenolic OH excluding ortho intramolecular Hbond substituents is 1. The molecule has 0 aromatic heterocycles. The minimum atomic E-state index is -2.56. The van der Waals surface area contributed by atoms with Crippen LogP contribution in [0.3, 0.4) is 0 Å². The number of hydrogen-bond acceptors (Lipinski definition) is 8. The molecule has 5 rings (SSSR count). The monoisotopic (exact) mass is 503 g/mol. The zero-order chi connectivity index (χ0) is 26.8. The Kier molecular flexibility index (Phi) is 5.82. The van der Waals surface area contributed by atoms with Crippen molar-refractivity contribution in [3.63, 3.8) is 0 Å². The summed E-state index contributed by atoms with van der Waals surface area (Å²) in [5, 5.41) is 33.7. The maximum Gasteiger partial charge on any atom is 0.252 e. The molecule has 1 fully saturated rings. The zero-order valence-corrected chi connectivity index (χ0v) is 20.6. The number of aliphatic hydroxyl groups is 2. The number of amides is 1. The number of Topliss-reactive ketones (excluding diaryl/α,β-unsaturated/α-hetero) is 2. The summed E-state index contributed by atoms with van der Waals surface area (Å²) in [5.41, 5.74) is 11.4. The van der Waals surface area contributed by atoms with Gasteiger partial charge in [0.1, 0.15) is 11.5 Å². The smallest absolute Gasteiger partial charge is 0.252 e. The number of aromatic hydroxyl groups is 1. The van der Waals surface area contributed by atoms with Gasteiger partial charge in [0.2, 0.25) is 11.6 Å². The van der Waals surface area contributed by atoms with E-state index in [-0.39, 0.29) is 23.3 Å². The molecule has 0 heterocycles. The molecule has 2 aromatic rings. The Labute approximate surface area is 213 Å². The van der Waals surface area contributed by atoms with E-state index in [1.54, 1.807) is 25.1 Å². The number of rotatable bonds is 4. The molecule has 3 aliphatic rings. The zero-order valence-electron chi connectivity index (χ0n) is 20.6. The van der Waals surface area contributed by atoms with Gasteiger partial charge in [-0.25, -0.2) is 0 Å². The highest BCUT2D eigenvalue weighted by atomic mass is 16.3. The van der Waals surface area contributed by atoms with Crippen molar-refractivity contribution >= 4 is 23.2 Å². The molecule has 0 spiro atoms. The molecule has 7 N–H and O–H groups in total. The van der Waals surface area contributed by atoms with Gasteiger partial charge in [0, 0.05) is 24.1 Å². The summed E-state index contributed by atoms with van der Waals surface area (Å²) in [7, 11) is 3.45. The number of hydrogen-bond donors (Lipinski definition) is 5. The van der Waals surface area contributed by atoms with Gasteiger partial charge in [0.25, 0.3) is 5.91 Å². The quantitative estimate of drug-likeness (QED) is 0.306. The standard InChI is InChI=1S/C28H29N3O6/c1-31(2)20-11-18(27(30)36)25(34)28(37)19(20)10-15-9-17-16(14-5-3-13(12-29)4-6-14)7-8-21(32)23(17)24(33)22(15)26(28)35/h3-8,11,15,19-20,32-33,37H,9-10,12,29H2,1-2H3,(H2,30,36)/t15-,19-,20+,28+/m0/s1. The van der Waals surface area contributed by atoms with Crippen LogP contribution < -0.4 is 11.5 Å². The van der Waals surface area contributed by atoms with Gasteiger partial charge in [-0.3, -0.25) is 14.4 Å². The molecular weight excluding hydrogens is 474 g/mol. The molecule has 1 saturated carbocycles. The Bertz CT molecular complexity index is 1410. The first-order valence-electron chi connectivity index (χ1n) is 12.1. The second kappa shape index (κ2) is 8.65. The van der Waals surface area contributed by atoms with Crippen molar-refractivity contribution in [2.75, 3.05) is 14.1 Å². The van der Waals surface area contributed by atoms with Gasteiger partial charge in [-0.15, -0.1) is 0 Å². The van der Waals surface area contributed by atoms with Crippen molar-refractivity contribution in [2.24, 2.45) is 23.3 Å². The molecule has 0 unspecified atom stereocenters. The van der Waals surface area contributed by atoms with E-state index in [4.69, 9.17) is 11.5 Å². The highest BCUT2D eigenvalue weighted by Crippen LogP contribution is 2.52. The number of primary amides is 1. The van der Waals surface area contributed by atoms with Crippen LogP contribution in [0.4, 0.5) is 0 Å². The molecule has 3 aliphatic carbocycles. The van der Waals surface area contributed by atoms with Gasteiger partial charge < -0.3 is 31.7 Å². The SMILES string of the molecule is CN(C)[C@@H]1C=C(C(N)=O)C(=O)[C@@]2(O)C(=O)C3=C(O)c4c(O)ccc(-c5ccc(CN)cc5)c4C[C@H]3C[C@@H]12. The molecule has 0 aliphatic heterocycles. The van der Waals surface area contributed by atoms with Gasteiger partial charge in [-0.05, 0) is 61.2 Å². The lowest BCUT2D eigenvalue weighted by Crippen LogP contribution is -2.65. The fraction of sp³-hybridized carbons (Fsp3) is 0.321. The summed E-state index contributed by atoms with van der Waals surface area (Å²) in [6.45, 7) is 0.396. The number of nitrogens with zero attached hydrogens (tertiary/aromatic N) is 1. The van der Waals surface area contributed by atoms with Crippen molar-refractivity contribution in [3.05, 3.63) is 70.3 Å². The Hall–Kier alpha value is -3.79. The lowest BCUT2D eigenvalue weighted by molar-refractivity contribution is -0.160. The van der Waals surface area contributed by atoms with Crippen LogP contribution in [0.1, 0.15) is 23.1 Å². The molecule has 2 aromatic carbocycles. The highest BCUT2D eigenvalue weighted by Gasteiger charge is 2.62. The number of nitrogens with two attached hydrogens (primary N) is 2. The van der Waals surface area contributed by atoms with E-state index >= 15 is 0 Å². The lowest BCUT2D eigenvalue weighted by Gasteiger charge is -2.49. The number of aliphatic hydroxyl groups excluding tert-OH is 1. The van der Waals surface area contributed by atoms with Gasteiger partial charge in [0.15, 0.2) is 5.60 Å². The highest BCUT2D eigenvalue weighted by molar-refractivity contribution is 6.32. The number of carbonyl (C=O) groups is 3. The van der Waals surface area contributed by atoms with Crippen LogP contribution in [0.15, 0.2) is 53.6 Å². The predicted molar refractivity (Wildman–Crippen MR) is 136 cm³/mol. The van der Waals surface area contributed by atoms with Crippen LogP contribution in [-0.4, -0.2) is 63.4 Å². The minimum absolute atomic E-state index is 0.0973. The molecule has 0 saturated heterocycles. The largest absolute Gasteiger partial charge is 0.507 e. The van der Waals surface area contributed by atoms with E-state index in [0.717, 1.165) is 16.7 Å². The lowest BCUT2D eigenvalue weighted by atomic mass is 9.57. The average Bonchev–Trinajstić information content (AvgIpc) is 2.86. The number of carbonyl (C=O) groups excluding carboxylic acids is 3. The fourth-order valence-electron chi connectivity index (χ4n) is 6.15. The Morgan fingerprint density at radius 3 is 2.35 bits per heavy atom. The van der Waals surface area contributed by atoms with Crippen molar-refractivity contribution in [1.82, 2.24) is 4.90 Å². The second-order valence-corrected chi connectivity index (χ2v) is 10.2. The molecule has 9 heteroatoms. The molecule has 0 radical (unpaired) electrons. The van der Waals surface area contributed by atoms with E-state index in [2.05, 4.69) is 0 Å². The summed E-state index contributed by atoms with van der Waals surface area (Å²) in [5.74, 6) is -5.12. The van der Waals surface area contributed by atoms with Crippen LogP contribution in [0.25, 0.3) is 16.9 Å². The van der Waals surface area contributed by atoms with E-state index in [9.17, 15) is 29.7 Å². The van der Waals surface area contributed by atoms with Crippen molar-refractivity contribution in [1.29, 1.82) is 0 Å². The average molecular weight is 504 g/mol. The minimum Gasteiger partial charge on any atom is -0.507 e. The number of ketones is 2. The van der Waals surface area contributed by atoms with Crippen molar-refractivity contribution in [2.45, 2.75) is 31.0 Å². The molecular formula is C28H29N3O6. The number of fused-ring (bicyclic) bond motifs is 3. The van der Waals surface area contributed by atoms with Gasteiger partial charge >= 0.3 is 0 Å². The van der Waals surface area contributed by atoms with E-state index in [0.29, 0.717) is 18.5 Å². The molecule has 37 heavy (non-hydrogen) atoms. The maximum absolute atomic E-state index is 13.8. The van der Waals surface area contributed by atoms with E-state index in [1.807, 2.05) is 24.3 Å². The summed E-state index contributed by atoms with van der Waals surface area (Å²) >= 11 is 0. The summed E-state index contributed by atoms with van der Waals surface area (Å²) in [4.78, 5) is 40.8.